The summed E-state index contributed by atoms with van der Waals surface area (Å²) in [5, 5.41) is 3.05. The molecule has 23 heavy (non-hydrogen) atoms. The van der Waals surface area contributed by atoms with Gasteiger partial charge in [-0.1, -0.05) is 37.8 Å². The first-order chi connectivity index (χ1) is 11.1. The molecule has 2 rings (SSSR count). The van der Waals surface area contributed by atoms with Gasteiger partial charge in [0.15, 0.2) is 0 Å². The number of nitrogens with one attached hydrogen (secondary N) is 1. The molecule has 0 atom stereocenters. The highest BCUT2D eigenvalue weighted by molar-refractivity contribution is 5.92. The molecule has 1 aromatic rings. The summed E-state index contributed by atoms with van der Waals surface area (Å²) in [7, 11) is 0. The third-order valence-corrected chi connectivity index (χ3v) is 4.31. The Balaban J connectivity index is 1.90. The summed E-state index contributed by atoms with van der Waals surface area (Å²) in [5.74, 6) is -0.788. The SMILES string of the molecule is CC(=O)N(CCC(=O)NC1CCCCCC1)c1ccccc1F. The largest absolute Gasteiger partial charge is 0.353 e. The summed E-state index contributed by atoms with van der Waals surface area (Å²) in [6, 6.07) is 6.37. The molecular weight excluding hydrogens is 295 g/mol. The fraction of sp³-hybridized carbons (Fsp3) is 0.556. The number of amides is 2. The van der Waals surface area contributed by atoms with E-state index in [2.05, 4.69) is 5.32 Å². The van der Waals surface area contributed by atoms with Gasteiger partial charge in [0, 0.05) is 25.9 Å². The Morgan fingerprint density at radius 2 is 1.83 bits per heavy atom. The van der Waals surface area contributed by atoms with Crippen LogP contribution >= 0.6 is 0 Å². The maximum atomic E-state index is 13.8. The van der Waals surface area contributed by atoms with Crippen LogP contribution < -0.4 is 10.2 Å². The van der Waals surface area contributed by atoms with Crippen molar-refractivity contribution in [3.8, 4) is 0 Å². The van der Waals surface area contributed by atoms with Crippen molar-refractivity contribution >= 4 is 17.5 Å². The molecule has 0 spiro atoms. The molecule has 0 saturated heterocycles. The van der Waals surface area contributed by atoms with Crippen molar-refractivity contribution in [2.24, 2.45) is 0 Å². The first-order valence-corrected chi connectivity index (χ1v) is 8.40. The average molecular weight is 320 g/mol. The minimum absolute atomic E-state index is 0.0699. The van der Waals surface area contributed by atoms with Crippen molar-refractivity contribution < 1.29 is 14.0 Å². The quantitative estimate of drug-likeness (QED) is 0.845. The fourth-order valence-corrected chi connectivity index (χ4v) is 3.06. The van der Waals surface area contributed by atoms with Crippen LogP contribution in [0.5, 0.6) is 0 Å². The lowest BCUT2D eigenvalue weighted by Crippen LogP contribution is -2.38. The number of para-hydroxylation sites is 1. The van der Waals surface area contributed by atoms with Gasteiger partial charge in [-0.25, -0.2) is 4.39 Å². The Kier molecular flexibility index (Phi) is 6.56. The Morgan fingerprint density at radius 3 is 2.43 bits per heavy atom. The highest BCUT2D eigenvalue weighted by Crippen LogP contribution is 2.20. The molecule has 0 aromatic heterocycles. The van der Waals surface area contributed by atoms with Gasteiger partial charge in [-0.15, -0.1) is 0 Å². The molecule has 1 aromatic carbocycles. The second-order valence-electron chi connectivity index (χ2n) is 6.13. The van der Waals surface area contributed by atoms with Crippen LogP contribution in [-0.2, 0) is 9.59 Å². The second kappa shape index (κ2) is 8.65. The fourth-order valence-electron chi connectivity index (χ4n) is 3.06. The van der Waals surface area contributed by atoms with Crippen molar-refractivity contribution in [1.29, 1.82) is 0 Å². The number of anilines is 1. The molecule has 5 heteroatoms. The molecule has 4 nitrogen and oxygen atoms in total. The van der Waals surface area contributed by atoms with E-state index in [9.17, 15) is 14.0 Å². The number of carbonyl (C=O) groups excluding carboxylic acids is 2. The van der Waals surface area contributed by atoms with Gasteiger partial charge in [-0.2, -0.15) is 0 Å². The number of rotatable bonds is 5. The van der Waals surface area contributed by atoms with Crippen LogP contribution in [0.2, 0.25) is 0 Å². The van der Waals surface area contributed by atoms with E-state index < -0.39 is 5.82 Å². The molecule has 1 saturated carbocycles. The Morgan fingerprint density at radius 1 is 1.17 bits per heavy atom. The van der Waals surface area contributed by atoms with Crippen molar-refractivity contribution in [1.82, 2.24) is 5.32 Å². The normalized spacial score (nSPS) is 15.7. The number of carbonyl (C=O) groups is 2. The van der Waals surface area contributed by atoms with Gasteiger partial charge in [0.2, 0.25) is 11.8 Å². The van der Waals surface area contributed by atoms with Gasteiger partial charge < -0.3 is 10.2 Å². The summed E-state index contributed by atoms with van der Waals surface area (Å²) >= 11 is 0. The predicted molar refractivity (Wildman–Crippen MR) is 88.7 cm³/mol. The zero-order chi connectivity index (χ0) is 16.7. The highest BCUT2D eigenvalue weighted by atomic mass is 19.1. The van der Waals surface area contributed by atoms with Crippen LogP contribution in [0, 0.1) is 5.82 Å². The van der Waals surface area contributed by atoms with Crippen LogP contribution in [0.4, 0.5) is 10.1 Å². The molecule has 1 aliphatic rings. The van der Waals surface area contributed by atoms with Crippen molar-refractivity contribution in [3.63, 3.8) is 0 Å². The number of nitrogens with zero attached hydrogens (tertiary/aromatic N) is 1. The maximum absolute atomic E-state index is 13.8. The van der Waals surface area contributed by atoms with E-state index in [-0.39, 0.29) is 36.5 Å². The Hall–Kier alpha value is -1.91. The molecule has 1 aliphatic carbocycles. The monoisotopic (exact) mass is 320 g/mol. The zero-order valence-corrected chi connectivity index (χ0v) is 13.7. The number of halogens is 1. The average Bonchev–Trinajstić information content (AvgIpc) is 2.77. The summed E-state index contributed by atoms with van der Waals surface area (Å²) in [4.78, 5) is 25.2. The zero-order valence-electron chi connectivity index (χ0n) is 13.7. The van der Waals surface area contributed by atoms with Crippen LogP contribution in [0.15, 0.2) is 24.3 Å². The third-order valence-electron chi connectivity index (χ3n) is 4.31. The van der Waals surface area contributed by atoms with Gasteiger partial charge in [-0.3, -0.25) is 9.59 Å². The molecule has 126 valence electrons. The first kappa shape index (κ1) is 17.4. The standard InChI is InChI=1S/C18H25FN2O2/c1-14(22)21(17-11-7-6-10-16(17)19)13-12-18(23)20-15-8-4-2-3-5-9-15/h6-7,10-11,15H,2-5,8-9,12-13H2,1H3,(H,20,23). The molecule has 0 radical (unpaired) electrons. The van der Waals surface area contributed by atoms with Crippen molar-refractivity contribution in [2.75, 3.05) is 11.4 Å². The summed E-state index contributed by atoms with van der Waals surface area (Å²) in [6.45, 7) is 1.57. The van der Waals surface area contributed by atoms with E-state index in [4.69, 9.17) is 0 Å². The van der Waals surface area contributed by atoms with E-state index in [0.29, 0.717) is 0 Å². The molecule has 0 unspecified atom stereocenters. The second-order valence-corrected chi connectivity index (χ2v) is 6.13. The molecule has 0 heterocycles. The van der Waals surface area contributed by atoms with E-state index in [1.54, 1.807) is 18.2 Å². The predicted octanol–water partition coefficient (Wildman–Crippen LogP) is 3.41. The molecule has 2 amide bonds. The van der Waals surface area contributed by atoms with Crippen LogP contribution in [0.25, 0.3) is 0 Å². The van der Waals surface area contributed by atoms with Gasteiger partial charge in [0.05, 0.1) is 5.69 Å². The van der Waals surface area contributed by atoms with Crippen molar-refractivity contribution in [3.05, 3.63) is 30.1 Å². The van der Waals surface area contributed by atoms with E-state index in [0.717, 1.165) is 25.7 Å². The summed E-state index contributed by atoms with van der Waals surface area (Å²) in [5.41, 5.74) is 0.224. The number of benzene rings is 1. The van der Waals surface area contributed by atoms with E-state index in [1.165, 1.54) is 30.7 Å². The topological polar surface area (TPSA) is 49.4 Å². The highest BCUT2D eigenvalue weighted by Gasteiger charge is 2.18. The molecular formula is C18H25FN2O2. The third kappa shape index (κ3) is 5.34. The van der Waals surface area contributed by atoms with Crippen molar-refractivity contribution in [2.45, 2.75) is 57.9 Å². The van der Waals surface area contributed by atoms with Gasteiger partial charge in [0.1, 0.15) is 5.82 Å². The summed E-state index contributed by atoms with van der Waals surface area (Å²) in [6.07, 6.45) is 7.00. The minimum atomic E-state index is -0.452. The van der Waals surface area contributed by atoms with Crippen LogP contribution in [0.1, 0.15) is 51.9 Å². The molecule has 0 bridgehead atoms. The van der Waals surface area contributed by atoms with Gasteiger partial charge in [0.25, 0.3) is 0 Å². The smallest absolute Gasteiger partial charge is 0.223 e. The molecule has 1 N–H and O–H groups in total. The van der Waals surface area contributed by atoms with E-state index >= 15 is 0 Å². The Bertz CT molecular complexity index is 540. The number of hydrogen-bond acceptors (Lipinski definition) is 2. The Labute approximate surface area is 137 Å². The van der Waals surface area contributed by atoms with Crippen LogP contribution in [-0.4, -0.2) is 24.4 Å². The first-order valence-electron chi connectivity index (χ1n) is 8.40. The van der Waals surface area contributed by atoms with Gasteiger partial charge >= 0.3 is 0 Å². The van der Waals surface area contributed by atoms with Gasteiger partial charge in [-0.05, 0) is 25.0 Å². The molecule has 1 fully saturated rings. The lowest BCUT2D eigenvalue weighted by molar-refractivity contribution is -0.121. The minimum Gasteiger partial charge on any atom is -0.353 e. The maximum Gasteiger partial charge on any atom is 0.223 e. The number of hydrogen-bond donors (Lipinski definition) is 1. The lowest BCUT2D eigenvalue weighted by Gasteiger charge is -2.22. The lowest BCUT2D eigenvalue weighted by atomic mass is 10.1. The molecule has 0 aliphatic heterocycles. The van der Waals surface area contributed by atoms with Crippen LogP contribution in [0.3, 0.4) is 0 Å². The van der Waals surface area contributed by atoms with E-state index in [1.807, 2.05) is 0 Å². The summed E-state index contributed by atoms with van der Waals surface area (Å²) < 4.78 is 13.8.